The van der Waals surface area contributed by atoms with Gasteiger partial charge in [-0.3, -0.25) is 0 Å². The van der Waals surface area contributed by atoms with Crippen LogP contribution in [-0.4, -0.2) is 0 Å². The van der Waals surface area contributed by atoms with Gasteiger partial charge in [-0.25, -0.2) is 0 Å². The van der Waals surface area contributed by atoms with Gasteiger partial charge in [-0.1, -0.05) is 171 Å². The molecule has 1 heteroatoms. The van der Waals surface area contributed by atoms with Crippen LogP contribution in [0.4, 0.5) is 0 Å². The van der Waals surface area contributed by atoms with Gasteiger partial charge in [0.05, 0.1) is 11.6 Å². The van der Waals surface area contributed by atoms with Gasteiger partial charge in [-0.05, 0) is 150 Å². The highest BCUT2D eigenvalue weighted by molar-refractivity contribution is 6.45. The zero-order chi connectivity index (χ0) is 38.5. The molecule has 0 amide bonds. The predicted octanol–water partition coefficient (Wildman–Crippen LogP) is 15.7. The smallest absolute Gasteiger partial charge is 0.0994 e. The van der Waals surface area contributed by atoms with E-state index < -0.39 is 0 Å². The van der Waals surface area contributed by atoms with Crippen LogP contribution in [-0.2, 0) is 6.42 Å². The molecule has 1 nitrogen and oxygen atoms in total. The van der Waals surface area contributed by atoms with Gasteiger partial charge in [-0.2, -0.15) is 5.26 Å². The van der Waals surface area contributed by atoms with Crippen LogP contribution >= 0.6 is 0 Å². The Morgan fingerprint density at radius 3 is 1.62 bits per heavy atom. The van der Waals surface area contributed by atoms with Crippen LogP contribution in [0.1, 0.15) is 18.1 Å². The Morgan fingerprint density at radius 2 is 0.879 bits per heavy atom. The molecule has 12 aromatic rings. The van der Waals surface area contributed by atoms with E-state index >= 15 is 0 Å². The van der Waals surface area contributed by atoms with Crippen LogP contribution in [0.3, 0.4) is 0 Å². The van der Waals surface area contributed by atoms with Crippen molar-refractivity contribution in [1.82, 2.24) is 0 Å². The first-order valence-corrected chi connectivity index (χ1v) is 20.2. The van der Waals surface area contributed by atoms with Gasteiger partial charge in [-0.15, -0.1) is 0 Å². The first-order valence-electron chi connectivity index (χ1n) is 20.2. The molecule has 12 aromatic carbocycles. The van der Waals surface area contributed by atoms with E-state index in [9.17, 15) is 5.26 Å². The van der Waals surface area contributed by atoms with Crippen LogP contribution in [0.2, 0.25) is 0 Å². The zero-order valence-electron chi connectivity index (χ0n) is 32.0. The second kappa shape index (κ2) is 12.5. The fraction of sp³-hybridized carbons (Fsp3) is 0.0351. The second-order valence-electron chi connectivity index (χ2n) is 15.7. The highest BCUT2D eigenvalue weighted by Gasteiger charge is 2.27. The summed E-state index contributed by atoms with van der Waals surface area (Å²) >= 11 is 0. The van der Waals surface area contributed by atoms with Gasteiger partial charge < -0.3 is 0 Å². The lowest BCUT2D eigenvalue weighted by atomic mass is 9.84. The molecule has 0 radical (unpaired) electrons. The van der Waals surface area contributed by atoms with Gasteiger partial charge in [0, 0.05) is 0 Å². The fourth-order valence-electron chi connectivity index (χ4n) is 10.3. The van der Waals surface area contributed by atoms with E-state index in [4.69, 9.17) is 0 Å². The van der Waals surface area contributed by atoms with Crippen molar-refractivity contribution in [2.75, 3.05) is 0 Å². The zero-order valence-corrected chi connectivity index (χ0v) is 32.0. The van der Waals surface area contributed by atoms with Crippen molar-refractivity contribution >= 4 is 75.4 Å². The van der Waals surface area contributed by atoms with Crippen molar-refractivity contribution in [3.63, 3.8) is 0 Å². The summed E-state index contributed by atoms with van der Waals surface area (Å²) in [6, 6.07) is 69.6. The minimum Gasteiger partial charge on any atom is -0.192 e. The van der Waals surface area contributed by atoms with E-state index in [0.717, 1.165) is 34.2 Å². The summed E-state index contributed by atoms with van der Waals surface area (Å²) in [4.78, 5) is 0. The molecule has 0 atom stereocenters. The van der Waals surface area contributed by atoms with Gasteiger partial charge in [0.15, 0.2) is 0 Å². The highest BCUT2D eigenvalue weighted by atomic mass is 14.3. The minimum absolute atomic E-state index is 0.746. The SMILES string of the molecule is CCc1ccc(-c2cccc(-c3ccc4c5c(-c6ccccc6)c6c(cc7c8ccccc8c8cccc6c87)c(-c6ccccc6)c5c5cccc3c54)c2)cc1C#N. The third kappa shape index (κ3) is 4.52. The van der Waals surface area contributed by atoms with Gasteiger partial charge in [0.25, 0.3) is 0 Å². The average molecular weight is 734 g/mol. The van der Waals surface area contributed by atoms with Crippen LogP contribution < -0.4 is 0 Å². The molecule has 0 aliphatic heterocycles. The fourth-order valence-corrected chi connectivity index (χ4v) is 10.3. The van der Waals surface area contributed by atoms with Crippen molar-refractivity contribution in [1.29, 1.82) is 5.26 Å². The summed E-state index contributed by atoms with van der Waals surface area (Å²) in [5, 5.41) is 28.1. The maximum absolute atomic E-state index is 9.92. The third-order valence-corrected chi connectivity index (χ3v) is 12.8. The molecule has 12 rings (SSSR count). The standard InChI is InChI=1S/C57H35N/c1-2-34-26-27-38(31-40(34)33-58)37-18-11-19-39(30-37)41-28-29-48-53-44(41)22-12-25-47(53)56-51(35-14-5-3-6-15-35)50-32-49-43-21-10-9-20-42(43)45-23-13-24-46(54(45)49)55(50)52(57(48)56)36-16-7-4-8-17-36/h3-32H,2H2,1H3. The molecule has 0 saturated carbocycles. The monoisotopic (exact) mass is 733 g/mol. The Balaban J connectivity index is 1.25. The molecule has 0 heterocycles. The molecular formula is C57H35N. The first-order chi connectivity index (χ1) is 28.7. The Hall–Kier alpha value is -7.53. The van der Waals surface area contributed by atoms with E-state index in [0.29, 0.717) is 0 Å². The minimum atomic E-state index is 0.746. The molecule has 0 bridgehead atoms. The van der Waals surface area contributed by atoms with Crippen molar-refractivity contribution in [2.45, 2.75) is 13.3 Å². The summed E-state index contributed by atoms with van der Waals surface area (Å²) in [7, 11) is 0. The van der Waals surface area contributed by atoms with Crippen molar-refractivity contribution < 1.29 is 0 Å². The Morgan fingerprint density at radius 1 is 0.345 bits per heavy atom. The van der Waals surface area contributed by atoms with Crippen LogP contribution in [0, 0.1) is 11.3 Å². The van der Waals surface area contributed by atoms with Crippen molar-refractivity contribution in [3.8, 4) is 50.6 Å². The normalized spacial score (nSPS) is 11.9. The number of hydrogen-bond acceptors (Lipinski definition) is 1. The largest absolute Gasteiger partial charge is 0.192 e. The van der Waals surface area contributed by atoms with Crippen LogP contribution in [0.15, 0.2) is 182 Å². The third-order valence-electron chi connectivity index (χ3n) is 12.8. The van der Waals surface area contributed by atoms with Crippen LogP contribution in [0.5, 0.6) is 0 Å². The van der Waals surface area contributed by atoms with Gasteiger partial charge >= 0.3 is 0 Å². The number of nitrogens with zero attached hydrogens (tertiary/aromatic N) is 1. The summed E-state index contributed by atoms with van der Waals surface area (Å²) < 4.78 is 0. The Kier molecular flexibility index (Phi) is 7.04. The molecule has 268 valence electrons. The van der Waals surface area contributed by atoms with Gasteiger partial charge in [0.2, 0.25) is 0 Å². The number of nitriles is 1. The number of aryl methyl sites for hydroxylation is 1. The highest BCUT2D eigenvalue weighted by Crippen LogP contribution is 2.55. The summed E-state index contributed by atoms with van der Waals surface area (Å²) in [5.41, 5.74) is 11.4. The molecule has 0 fully saturated rings. The number of fused-ring (bicyclic) bond motifs is 8. The first kappa shape index (κ1) is 32.7. The topological polar surface area (TPSA) is 23.8 Å². The molecule has 0 unspecified atom stereocenters. The molecule has 58 heavy (non-hydrogen) atoms. The quantitative estimate of drug-likeness (QED) is 0.162. The van der Waals surface area contributed by atoms with Crippen molar-refractivity contribution in [3.05, 3.63) is 193 Å². The molecule has 0 spiro atoms. The molecule has 0 N–H and O–H groups in total. The molecular weight excluding hydrogens is 699 g/mol. The summed E-state index contributed by atoms with van der Waals surface area (Å²) in [5.74, 6) is 0. The van der Waals surface area contributed by atoms with E-state index in [-0.39, 0.29) is 0 Å². The lowest BCUT2D eigenvalue weighted by molar-refractivity contribution is 1.13. The lowest BCUT2D eigenvalue weighted by Crippen LogP contribution is -1.91. The van der Waals surface area contributed by atoms with Gasteiger partial charge in [0.1, 0.15) is 0 Å². The Labute approximate surface area is 336 Å². The number of benzene rings is 10. The molecule has 0 aromatic heterocycles. The summed E-state index contributed by atoms with van der Waals surface area (Å²) in [6.45, 7) is 2.10. The number of rotatable bonds is 5. The van der Waals surface area contributed by atoms with E-state index in [1.54, 1.807) is 0 Å². The average Bonchev–Trinajstić information content (AvgIpc) is 3.80. The lowest BCUT2D eigenvalue weighted by Gasteiger charge is -2.19. The summed E-state index contributed by atoms with van der Waals surface area (Å²) in [6.07, 6.45) is 0.839. The Bertz CT molecular complexity index is 3650. The molecule has 0 saturated heterocycles. The second-order valence-corrected chi connectivity index (χ2v) is 15.7. The van der Waals surface area contributed by atoms with E-state index in [1.807, 2.05) is 6.07 Å². The predicted molar refractivity (Wildman–Crippen MR) is 247 cm³/mol. The number of hydrogen-bond donors (Lipinski definition) is 0. The maximum atomic E-state index is 9.92. The molecule has 0 aliphatic carbocycles. The van der Waals surface area contributed by atoms with Crippen LogP contribution in [0.25, 0.3) is 120 Å². The van der Waals surface area contributed by atoms with Crippen molar-refractivity contribution in [2.24, 2.45) is 0 Å². The maximum Gasteiger partial charge on any atom is 0.0994 e. The molecule has 0 aliphatic rings. The van der Waals surface area contributed by atoms with E-state index in [2.05, 4.69) is 189 Å². The van der Waals surface area contributed by atoms with E-state index in [1.165, 1.54) is 103 Å².